The molecule has 0 spiro atoms. The number of ether oxygens (including phenoxy) is 1. The molecule has 0 bridgehead atoms. The van der Waals surface area contributed by atoms with E-state index in [9.17, 15) is 4.79 Å². The Morgan fingerprint density at radius 2 is 2.05 bits per heavy atom. The van der Waals surface area contributed by atoms with Crippen molar-refractivity contribution in [2.45, 2.75) is 46.4 Å². The van der Waals surface area contributed by atoms with Crippen LogP contribution in [0.2, 0.25) is 0 Å². The molecule has 0 aromatic carbocycles. The molecule has 0 aliphatic heterocycles. The predicted octanol–water partition coefficient (Wildman–Crippen LogP) is 0.686. The second-order valence-electron chi connectivity index (χ2n) is 5.54. The fourth-order valence-electron chi connectivity index (χ4n) is 1.79. The van der Waals surface area contributed by atoms with Gasteiger partial charge in [-0.15, -0.1) is 0 Å². The van der Waals surface area contributed by atoms with Crippen molar-refractivity contribution in [1.29, 1.82) is 0 Å². The molecule has 0 aliphatic carbocycles. The first-order chi connectivity index (χ1) is 9.32. The highest BCUT2D eigenvalue weighted by Crippen LogP contribution is 2.10. The largest absolute Gasteiger partial charge is 0.375 e. The van der Waals surface area contributed by atoms with Gasteiger partial charge in [-0.3, -0.25) is 4.57 Å². The zero-order valence-corrected chi connectivity index (χ0v) is 12.4. The van der Waals surface area contributed by atoms with E-state index in [4.69, 9.17) is 9.26 Å². The summed E-state index contributed by atoms with van der Waals surface area (Å²) in [6.45, 7) is 8.04. The summed E-state index contributed by atoms with van der Waals surface area (Å²) < 4.78 is 12.9. The molecule has 2 aromatic heterocycles. The van der Waals surface area contributed by atoms with Gasteiger partial charge in [0, 0.05) is 7.11 Å². The second-order valence-corrected chi connectivity index (χ2v) is 5.54. The Balaban J connectivity index is 2.29. The minimum Gasteiger partial charge on any atom is -0.375 e. The maximum Gasteiger partial charge on any atom is 0.346 e. The number of nitrogens with zero attached hydrogens (tertiary/aromatic N) is 5. The van der Waals surface area contributed by atoms with E-state index in [1.165, 1.54) is 9.25 Å². The standard InChI is InChI=1S/C12H19N5O3/c1-8-14-17(12(2,3)4)11(18)16(8)6-9-13-10(7-19-5)20-15-9/h6-7H2,1-5H3. The maximum absolute atomic E-state index is 12.3. The monoisotopic (exact) mass is 281 g/mol. The van der Waals surface area contributed by atoms with Crippen molar-refractivity contribution in [2.24, 2.45) is 0 Å². The highest BCUT2D eigenvalue weighted by Gasteiger charge is 2.21. The average molecular weight is 281 g/mol. The number of hydrogen-bond acceptors (Lipinski definition) is 6. The van der Waals surface area contributed by atoms with Gasteiger partial charge < -0.3 is 9.26 Å². The van der Waals surface area contributed by atoms with Gasteiger partial charge >= 0.3 is 5.69 Å². The van der Waals surface area contributed by atoms with E-state index < -0.39 is 0 Å². The zero-order valence-electron chi connectivity index (χ0n) is 12.4. The summed E-state index contributed by atoms with van der Waals surface area (Å²) in [6.07, 6.45) is 0. The van der Waals surface area contributed by atoms with Crippen LogP contribution in [-0.2, 0) is 23.4 Å². The lowest BCUT2D eigenvalue weighted by molar-refractivity contribution is 0.151. The fraction of sp³-hybridized carbons (Fsp3) is 0.667. The van der Waals surface area contributed by atoms with Gasteiger partial charge in [0.05, 0.1) is 12.1 Å². The molecule has 8 heteroatoms. The average Bonchev–Trinajstić information content (AvgIpc) is 2.89. The van der Waals surface area contributed by atoms with Crippen LogP contribution in [0.1, 0.15) is 38.3 Å². The van der Waals surface area contributed by atoms with E-state index in [1.807, 2.05) is 20.8 Å². The second kappa shape index (κ2) is 5.20. The van der Waals surface area contributed by atoms with E-state index in [1.54, 1.807) is 14.0 Å². The highest BCUT2D eigenvalue weighted by molar-refractivity contribution is 4.93. The highest BCUT2D eigenvalue weighted by atomic mass is 16.5. The summed E-state index contributed by atoms with van der Waals surface area (Å²) in [5.41, 5.74) is -0.556. The number of methoxy groups -OCH3 is 1. The minimum atomic E-state index is -0.369. The number of aromatic nitrogens is 5. The Kier molecular flexibility index (Phi) is 3.76. The summed E-state index contributed by atoms with van der Waals surface area (Å²) in [6, 6.07) is 0. The lowest BCUT2D eigenvalue weighted by atomic mass is 10.1. The van der Waals surface area contributed by atoms with Crippen LogP contribution in [0.25, 0.3) is 0 Å². The molecule has 0 radical (unpaired) electrons. The molecule has 110 valence electrons. The maximum atomic E-state index is 12.3. The molecule has 0 amide bonds. The van der Waals surface area contributed by atoms with E-state index >= 15 is 0 Å². The topological polar surface area (TPSA) is 88.0 Å². The summed E-state index contributed by atoms with van der Waals surface area (Å²) in [5.74, 6) is 1.43. The molecule has 0 N–H and O–H groups in total. The predicted molar refractivity (Wildman–Crippen MR) is 70.3 cm³/mol. The van der Waals surface area contributed by atoms with Gasteiger partial charge in [0.1, 0.15) is 12.4 Å². The van der Waals surface area contributed by atoms with Crippen LogP contribution in [0, 0.1) is 6.92 Å². The van der Waals surface area contributed by atoms with Crippen molar-refractivity contribution in [2.75, 3.05) is 7.11 Å². The lowest BCUT2D eigenvalue weighted by Crippen LogP contribution is -2.36. The fourth-order valence-corrected chi connectivity index (χ4v) is 1.79. The van der Waals surface area contributed by atoms with Gasteiger partial charge in [0.15, 0.2) is 5.82 Å². The molecule has 2 heterocycles. The van der Waals surface area contributed by atoms with Crippen LogP contribution in [0.4, 0.5) is 0 Å². The van der Waals surface area contributed by atoms with Crippen molar-refractivity contribution in [1.82, 2.24) is 24.5 Å². The van der Waals surface area contributed by atoms with Gasteiger partial charge in [-0.2, -0.15) is 10.1 Å². The van der Waals surface area contributed by atoms with E-state index in [2.05, 4.69) is 15.2 Å². The SMILES string of the molecule is COCc1nc(Cn2c(C)nn(C(C)(C)C)c2=O)no1. The van der Waals surface area contributed by atoms with E-state index in [0.717, 1.165) is 0 Å². The third-order valence-electron chi connectivity index (χ3n) is 2.76. The molecule has 0 atom stereocenters. The molecular formula is C12H19N5O3. The van der Waals surface area contributed by atoms with Gasteiger partial charge in [-0.1, -0.05) is 5.16 Å². The molecule has 0 fully saturated rings. The minimum absolute atomic E-state index is 0.187. The van der Waals surface area contributed by atoms with Crippen molar-refractivity contribution in [3.8, 4) is 0 Å². The van der Waals surface area contributed by atoms with Crippen molar-refractivity contribution in [3.05, 3.63) is 28.0 Å². The van der Waals surface area contributed by atoms with Crippen LogP contribution in [0.5, 0.6) is 0 Å². The smallest absolute Gasteiger partial charge is 0.346 e. The first-order valence-electron chi connectivity index (χ1n) is 6.30. The molecule has 20 heavy (non-hydrogen) atoms. The third kappa shape index (κ3) is 2.79. The molecule has 0 aliphatic rings. The van der Waals surface area contributed by atoms with E-state index in [-0.39, 0.29) is 24.4 Å². The van der Waals surface area contributed by atoms with E-state index in [0.29, 0.717) is 17.5 Å². The van der Waals surface area contributed by atoms with Crippen molar-refractivity contribution in [3.63, 3.8) is 0 Å². The molecule has 0 saturated heterocycles. The summed E-state index contributed by atoms with van der Waals surface area (Å²) in [4.78, 5) is 16.5. The molecule has 0 unspecified atom stereocenters. The normalized spacial score (nSPS) is 12.1. The molecule has 2 aromatic rings. The van der Waals surface area contributed by atoms with Crippen LogP contribution >= 0.6 is 0 Å². The van der Waals surface area contributed by atoms with Gasteiger partial charge in [-0.25, -0.2) is 9.48 Å². The molecule has 0 saturated carbocycles. The Labute approximate surface area is 116 Å². The number of hydrogen-bond donors (Lipinski definition) is 0. The number of rotatable bonds is 4. The molecule has 8 nitrogen and oxygen atoms in total. The van der Waals surface area contributed by atoms with Gasteiger partial charge in [-0.05, 0) is 27.7 Å². The summed E-state index contributed by atoms with van der Waals surface area (Å²) in [7, 11) is 1.55. The molecule has 2 rings (SSSR count). The van der Waals surface area contributed by atoms with Crippen molar-refractivity contribution >= 4 is 0 Å². The Morgan fingerprint density at radius 1 is 1.35 bits per heavy atom. The van der Waals surface area contributed by atoms with Crippen LogP contribution < -0.4 is 5.69 Å². The number of aryl methyl sites for hydroxylation is 1. The Bertz CT molecular complexity index is 647. The first kappa shape index (κ1) is 14.4. The summed E-state index contributed by atoms with van der Waals surface area (Å²) >= 11 is 0. The first-order valence-corrected chi connectivity index (χ1v) is 6.30. The van der Waals surface area contributed by atoms with Crippen LogP contribution in [-0.4, -0.2) is 31.6 Å². The Morgan fingerprint density at radius 3 is 2.60 bits per heavy atom. The van der Waals surface area contributed by atoms with Crippen LogP contribution in [0.15, 0.2) is 9.32 Å². The third-order valence-corrected chi connectivity index (χ3v) is 2.76. The van der Waals surface area contributed by atoms with Gasteiger partial charge in [0.2, 0.25) is 0 Å². The Hall–Kier alpha value is -1.96. The van der Waals surface area contributed by atoms with Crippen LogP contribution in [0.3, 0.4) is 0 Å². The van der Waals surface area contributed by atoms with Crippen molar-refractivity contribution < 1.29 is 9.26 Å². The molecular weight excluding hydrogens is 262 g/mol. The lowest BCUT2D eigenvalue weighted by Gasteiger charge is -2.16. The summed E-state index contributed by atoms with van der Waals surface area (Å²) in [5, 5.41) is 8.10. The quantitative estimate of drug-likeness (QED) is 0.819. The van der Waals surface area contributed by atoms with Gasteiger partial charge in [0.25, 0.3) is 5.89 Å². The zero-order chi connectivity index (χ0) is 14.9.